The normalized spacial score (nSPS) is 10.7. The first kappa shape index (κ1) is 13.5. The number of para-hydroxylation sites is 1. The molecule has 0 amide bonds. The van der Waals surface area contributed by atoms with Gasteiger partial charge in [0.05, 0.1) is 12.2 Å². The fourth-order valence-electron chi connectivity index (χ4n) is 1.90. The van der Waals surface area contributed by atoms with E-state index in [-0.39, 0.29) is 5.82 Å². The molecule has 1 aromatic carbocycles. The van der Waals surface area contributed by atoms with Gasteiger partial charge in [-0.3, -0.25) is 0 Å². The maximum atomic E-state index is 13.9. The van der Waals surface area contributed by atoms with Gasteiger partial charge in [-0.05, 0) is 33.6 Å². The summed E-state index contributed by atoms with van der Waals surface area (Å²) in [5.74, 6) is -0.226. The molecule has 1 aromatic heterocycles. The van der Waals surface area contributed by atoms with Gasteiger partial charge < -0.3 is 10.6 Å². The average molecular weight is 329 g/mol. The van der Waals surface area contributed by atoms with Crippen molar-refractivity contribution >= 4 is 33.0 Å². The Hall–Kier alpha value is -0.910. The van der Waals surface area contributed by atoms with Crippen LogP contribution in [0.1, 0.15) is 10.4 Å². The second-order valence-corrected chi connectivity index (χ2v) is 5.95. The van der Waals surface area contributed by atoms with Crippen molar-refractivity contribution in [2.75, 3.05) is 11.9 Å². The van der Waals surface area contributed by atoms with Gasteiger partial charge in [-0.2, -0.15) is 0 Å². The quantitative estimate of drug-likeness (QED) is 0.926. The van der Waals surface area contributed by atoms with Gasteiger partial charge in [0.1, 0.15) is 5.82 Å². The van der Waals surface area contributed by atoms with Gasteiger partial charge in [-0.1, -0.05) is 12.1 Å². The molecular weight excluding hydrogens is 315 g/mol. The molecule has 0 bridgehead atoms. The van der Waals surface area contributed by atoms with Crippen LogP contribution in [0.25, 0.3) is 0 Å². The summed E-state index contributed by atoms with van der Waals surface area (Å²) in [5, 5.41) is 2.02. The smallest absolute Gasteiger partial charge is 0.146 e. The average Bonchev–Trinajstić information content (AvgIpc) is 2.74. The number of nitrogens with two attached hydrogens (primary N) is 1. The first-order valence-electron chi connectivity index (χ1n) is 5.53. The Balaban J connectivity index is 2.25. The molecular formula is C13H14BrFN2S. The molecule has 2 aromatic rings. The molecule has 18 heavy (non-hydrogen) atoms. The number of thiophene rings is 1. The zero-order valence-electron chi connectivity index (χ0n) is 9.99. The molecule has 0 unspecified atom stereocenters. The van der Waals surface area contributed by atoms with Crippen molar-refractivity contribution in [3.63, 3.8) is 0 Å². The van der Waals surface area contributed by atoms with Crippen LogP contribution in [0.4, 0.5) is 10.1 Å². The van der Waals surface area contributed by atoms with Crippen molar-refractivity contribution in [2.24, 2.45) is 5.73 Å². The molecule has 96 valence electrons. The molecule has 5 heteroatoms. The molecule has 0 atom stereocenters. The van der Waals surface area contributed by atoms with E-state index in [4.69, 9.17) is 5.73 Å². The van der Waals surface area contributed by atoms with Gasteiger partial charge in [0, 0.05) is 28.3 Å². The molecule has 0 radical (unpaired) electrons. The van der Waals surface area contributed by atoms with Crippen LogP contribution in [0.3, 0.4) is 0 Å². The largest absolute Gasteiger partial charge is 0.367 e. The fraction of sp³-hybridized carbons (Fsp3) is 0.231. The van der Waals surface area contributed by atoms with Crippen LogP contribution in [0, 0.1) is 5.82 Å². The molecule has 2 rings (SSSR count). The Morgan fingerprint density at radius 2 is 2.22 bits per heavy atom. The maximum Gasteiger partial charge on any atom is 0.146 e. The fourth-order valence-corrected chi connectivity index (χ4v) is 3.41. The predicted octanol–water partition coefficient (Wildman–Crippen LogP) is 3.74. The number of hydrogen-bond donors (Lipinski definition) is 1. The number of rotatable bonds is 4. The van der Waals surface area contributed by atoms with E-state index in [0.29, 0.717) is 18.8 Å². The van der Waals surface area contributed by atoms with Gasteiger partial charge in [0.2, 0.25) is 0 Å². The van der Waals surface area contributed by atoms with Crippen LogP contribution < -0.4 is 10.6 Å². The van der Waals surface area contributed by atoms with Crippen LogP contribution in [0.15, 0.2) is 34.1 Å². The minimum absolute atomic E-state index is 0.226. The van der Waals surface area contributed by atoms with Crippen molar-refractivity contribution in [1.82, 2.24) is 0 Å². The summed E-state index contributed by atoms with van der Waals surface area (Å²) in [6.45, 7) is 1.01. The number of nitrogens with zero attached hydrogens (tertiary/aromatic N) is 1. The van der Waals surface area contributed by atoms with Gasteiger partial charge in [0.25, 0.3) is 0 Å². The van der Waals surface area contributed by atoms with E-state index in [0.717, 1.165) is 10.0 Å². The van der Waals surface area contributed by atoms with Crippen LogP contribution >= 0.6 is 27.3 Å². The molecule has 0 saturated carbocycles. The first-order valence-corrected chi connectivity index (χ1v) is 7.20. The first-order chi connectivity index (χ1) is 8.61. The zero-order valence-corrected chi connectivity index (χ0v) is 12.4. The molecule has 0 saturated heterocycles. The van der Waals surface area contributed by atoms with Crippen LogP contribution in [-0.4, -0.2) is 7.05 Å². The Labute approximate surface area is 118 Å². The summed E-state index contributed by atoms with van der Waals surface area (Å²) in [4.78, 5) is 3.08. The lowest BCUT2D eigenvalue weighted by Gasteiger charge is -2.22. The third-order valence-electron chi connectivity index (χ3n) is 2.69. The van der Waals surface area contributed by atoms with E-state index in [1.54, 1.807) is 17.4 Å². The van der Waals surface area contributed by atoms with Gasteiger partial charge in [0.15, 0.2) is 0 Å². The van der Waals surface area contributed by atoms with E-state index in [9.17, 15) is 4.39 Å². The Morgan fingerprint density at radius 3 is 2.83 bits per heavy atom. The van der Waals surface area contributed by atoms with Crippen molar-refractivity contribution < 1.29 is 4.39 Å². The Bertz CT molecular complexity index is 542. The van der Waals surface area contributed by atoms with Gasteiger partial charge in [-0.15, -0.1) is 11.3 Å². The number of halogens is 2. The summed E-state index contributed by atoms with van der Waals surface area (Å²) >= 11 is 5.07. The molecule has 2 N–H and O–H groups in total. The van der Waals surface area contributed by atoms with Crippen LogP contribution in [0.2, 0.25) is 0 Å². The van der Waals surface area contributed by atoms with E-state index < -0.39 is 0 Å². The second kappa shape index (κ2) is 5.82. The second-order valence-electron chi connectivity index (χ2n) is 4.04. The topological polar surface area (TPSA) is 29.3 Å². The molecule has 2 nitrogen and oxygen atoms in total. The highest BCUT2D eigenvalue weighted by Crippen LogP contribution is 2.27. The lowest BCUT2D eigenvalue weighted by molar-refractivity contribution is 0.620. The molecule has 0 spiro atoms. The molecule has 0 aliphatic carbocycles. The van der Waals surface area contributed by atoms with Gasteiger partial charge >= 0.3 is 0 Å². The molecule has 0 aliphatic rings. The summed E-state index contributed by atoms with van der Waals surface area (Å²) in [6.07, 6.45) is 0. The summed E-state index contributed by atoms with van der Waals surface area (Å²) < 4.78 is 15.0. The zero-order chi connectivity index (χ0) is 13.1. The maximum absolute atomic E-state index is 13.9. The summed E-state index contributed by atoms with van der Waals surface area (Å²) in [6, 6.07) is 7.06. The highest BCUT2D eigenvalue weighted by Gasteiger charge is 2.13. The highest BCUT2D eigenvalue weighted by molar-refractivity contribution is 9.10. The van der Waals surface area contributed by atoms with Crippen molar-refractivity contribution in [2.45, 2.75) is 13.1 Å². The SMILES string of the molecule is CN(Cc1cc(Br)cs1)c1c(F)cccc1CN. The van der Waals surface area contributed by atoms with Crippen molar-refractivity contribution in [3.05, 3.63) is 50.4 Å². The summed E-state index contributed by atoms with van der Waals surface area (Å²) in [5.41, 5.74) is 7.07. The van der Waals surface area contributed by atoms with Crippen LogP contribution in [0.5, 0.6) is 0 Å². The van der Waals surface area contributed by atoms with Crippen molar-refractivity contribution in [3.8, 4) is 0 Å². The third kappa shape index (κ3) is 2.91. The number of anilines is 1. The lowest BCUT2D eigenvalue weighted by Crippen LogP contribution is -2.19. The standard InChI is InChI=1S/C13H14BrFN2S/c1-17(7-11-5-10(14)8-18-11)13-9(6-16)3-2-4-12(13)15/h2-5,8H,6-7,16H2,1H3. The lowest BCUT2D eigenvalue weighted by atomic mass is 10.1. The van der Waals surface area contributed by atoms with E-state index in [1.807, 2.05) is 29.5 Å². The van der Waals surface area contributed by atoms with Crippen molar-refractivity contribution in [1.29, 1.82) is 0 Å². The third-order valence-corrected chi connectivity index (χ3v) is 4.37. The highest BCUT2D eigenvalue weighted by atomic mass is 79.9. The minimum Gasteiger partial charge on any atom is -0.367 e. The van der Waals surface area contributed by atoms with E-state index in [1.165, 1.54) is 10.9 Å². The Kier molecular flexibility index (Phi) is 4.37. The predicted molar refractivity (Wildman–Crippen MR) is 78.4 cm³/mol. The van der Waals surface area contributed by atoms with Crippen LogP contribution in [-0.2, 0) is 13.1 Å². The van der Waals surface area contributed by atoms with Gasteiger partial charge in [-0.25, -0.2) is 4.39 Å². The summed E-state index contributed by atoms with van der Waals surface area (Å²) in [7, 11) is 1.88. The number of hydrogen-bond acceptors (Lipinski definition) is 3. The monoisotopic (exact) mass is 328 g/mol. The molecule has 0 aliphatic heterocycles. The van der Waals surface area contributed by atoms with E-state index in [2.05, 4.69) is 15.9 Å². The minimum atomic E-state index is -0.226. The number of benzene rings is 1. The Morgan fingerprint density at radius 1 is 1.44 bits per heavy atom. The van der Waals surface area contributed by atoms with E-state index >= 15 is 0 Å². The molecule has 0 fully saturated rings. The molecule has 1 heterocycles.